The Bertz CT molecular complexity index is 418. The maximum atomic E-state index is 10.8. The van der Waals surface area contributed by atoms with Crippen LogP contribution in [0.25, 0.3) is 0 Å². The van der Waals surface area contributed by atoms with Crippen LogP contribution < -0.4 is 0 Å². The van der Waals surface area contributed by atoms with Gasteiger partial charge in [0.25, 0.3) is 0 Å². The van der Waals surface area contributed by atoms with Crippen LogP contribution in [-0.4, -0.2) is 41.2 Å². The van der Waals surface area contributed by atoms with Gasteiger partial charge in [-0.3, -0.25) is 0 Å². The van der Waals surface area contributed by atoms with Crippen molar-refractivity contribution in [1.29, 1.82) is 0 Å². The maximum Gasteiger partial charge on any atom is 0.335 e. The SMILES string of the molecule is CN1CCC(O)(c2cccc(C(=O)O)c2)C1. The Kier molecular flexibility index (Phi) is 2.69. The van der Waals surface area contributed by atoms with E-state index in [1.807, 2.05) is 11.9 Å². The fourth-order valence-electron chi connectivity index (χ4n) is 2.16. The van der Waals surface area contributed by atoms with E-state index >= 15 is 0 Å². The lowest BCUT2D eigenvalue weighted by Crippen LogP contribution is -2.29. The number of aromatic carboxylic acids is 1. The largest absolute Gasteiger partial charge is 0.478 e. The molecule has 1 unspecified atom stereocenters. The Labute approximate surface area is 94.1 Å². The van der Waals surface area contributed by atoms with E-state index in [0.717, 1.165) is 6.54 Å². The summed E-state index contributed by atoms with van der Waals surface area (Å²) in [5, 5.41) is 19.3. The van der Waals surface area contributed by atoms with Gasteiger partial charge in [-0.25, -0.2) is 4.79 Å². The molecule has 0 aliphatic carbocycles. The Hall–Kier alpha value is -1.39. The summed E-state index contributed by atoms with van der Waals surface area (Å²) in [7, 11) is 1.94. The zero-order valence-electron chi connectivity index (χ0n) is 9.18. The number of benzene rings is 1. The lowest BCUT2D eigenvalue weighted by atomic mass is 9.92. The highest BCUT2D eigenvalue weighted by molar-refractivity contribution is 5.87. The number of likely N-dealkylation sites (tertiary alicyclic amines) is 1. The van der Waals surface area contributed by atoms with E-state index in [-0.39, 0.29) is 5.56 Å². The van der Waals surface area contributed by atoms with Crippen LogP contribution in [0.15, 0.2) is 24.3 Å². The van der Waals surface area contributed by atoms with Crippen LogP contribution in [-0.2, 0) is 5.60 Å². The molecule has 16 heavy (non-hydrogen) atoms. The van der Waals surface area contributed by atoms with Gasteiger partial charge in [-0.1, -0.05) is 12.1 Å². The number of carboxylic acids is 1. The van der Waals surface area contributed by atoms with Crippen LogP contribution in [0.4, 0.5) is 0 Å². The second-order valence-electron chi connectivity index (χ2n) is 4.41. The third-order valence-corrected chi connectivity index (χ3v) is 3.09. The molecule has 1 aromatic carbocycles. The van der Waals surface area contributed by atoms with E-state index in [1.54, 1.807) is 18.2 Å². The van der Waals surface area contributed by atoms with E-state index in [9.17, 15) is 9.90 Å². The van der Waals surface area contributed by atoms with Gasteiger partial charge < -0.3 is 15.1 Å². The maximum absolute atomic E-state index is 10.8. The van der Waals surface area contributed by atoms with Gasteiger partial charge in [0.15, 0.2) is 0 Å². The van der Waals surface area contributed by atoms with Crippen molar-refractivity contribution in [1.82, 2.24) is 4.90 Å². The first-order valence-electron chi connectivity index (χ1n) is 5.26. The summed E-state index contributed by atoms with van der Waals surface area (Å²) in [5.74, 6) is -0.961. The fraction of sp³-hybridized carbons (Fsp3) is 0.417. The average molecular weight is 221 g/mol. The van der Waals surface area contributed by atoms with Gasteiger partial charge in [-0.2, -0.15) is 0 Å². The third-order valence-electron chi connectivity index (χ3n) is 3.09. The van der Waals surface area contributed by atoms with Crippen LogP contribution in [0.1, 0.15) is 22.3 Å². The number of β-amino-alcohol motifs (C(OH)–C–C–N with tert-alkyl or cyclic N) is 1. The molecule has 1 aromatic rings. The average Bonchev–Trinajstić information content (AvgIpc) is 2.60. The van der Waals surface area contributed by atoms with Crippen molar-refractivity contribution in [2.75, 3.05) is 20.1 Å². The number of carboxylic acid groups (broad SMARTS) is 1. The first kappa shape index (κ1) is 11.1. The Morgan fingerprint density at radius 1 is 1.50 bits per heavy atom. The summed E-state index contributed by atoms with van der Waals surface area (Å²) in [6, 6.07) is 6.55. The summed E-state index contributed by atoms with van der Waals surface area (Å²) >= 11 is 0. The minimum atomic E-state index is -0.961. The molecule has 1 fully saturated rings. The molecule has 1 aliphatic heterocycles. The molecule has 4 heteroatoms. The normalized spacial score (nSPS) is 25.9. The van der Waals surface area contributed by atoms with Crippen molar-refractivity contribution in [3.63, 3.8) is 0 Å². The number of likely N-dealkylation sites (N-methyl/N-ethyl adjacent to an activating group) is 1. The third kappa shape index (κ3) is 1.94. The van der Waals surface area contributed by atoms with Gasteiger partial charge in [0.05, 0.1) is 5.56 Å². The molecule has 0 aromatic heterocycles. The molecule has 0 radical (unpaired) electrons. The molecule has 1 heterocycles. The van der Waals surface area contributed by atoms with Crippen molar-refractivity contribution >= 4 is 5.97 Å². The summed E-state index contributed by atoms with van der Waals surface area (Å²) in [4.78, 5) is 12.9. The molecule has 1 saturated heterocycles. The van der Waals surface area contributed by atoms with E-state index in [0.29, 0.717) is 18.5 Å². The van der Waals surface area contributed by atoms with Crippen molar-refractivity contribution in [3.8, 4) is 0 Å². The first-order chi connectivity index (χ1) is 7.51. The highest BCUT2D eigenvalue weighted by Crippen LogP contribution is 2.31. The Morgan fingerprint density at radius 3 is 2.81 bits per heavy atom. The van der Waals surface area contributed by atoms with Gasteiger partial charge in [0.2, 0.25) is 0 Å². The molecule has 0 saturated carbocycles. The molecule has 4 nitrogen and oxygen atoms in total. The predicted octanol–water partition coefficient (Wildman–Crippen LogP) is 0.908. The molecule has 2 rings (SSSR count). The summed E-state index contributed by atoms with van der Waals surface area (Å²) in [6.45, 7) is 1.38. The Morgan fingerprint density at radius 2 is 2.25 bits per heavy atom. The fourth-order valence-corrected chi connectivity index (χ4v) is 2.16. The zero-order chi connectivity index (χ0) is 11.8. The van der Waals surface area contributed by atoms with Crippen LogP contribution in [0.3, 0.4) is 0 Å². The monoisotopic (exact) mass is 221 g/mol. The summed E-state index contributed by atoms with van der Waals surface area (Å²) in [6.07, 6.45) is 0.645. The molecule has 2 N–H and O–H groups in total. The highest BCUT2D eigenvalue weighted by atomic mass is 16.4. The van der Waals surface area contributed by atoms with E-state index < -0.39 is 11.6 Å². The molecule has 0 bridgehead atoms. The molecule has 86 valence electrons. The molecule has 0 spiro atoms. The van der Waals surface area contributed by atoms with Crippen molar-refractivity contribution in [2.45, 2.75) is 12.0 Å². The summed E-state index contributed by atoms with van der Waals surface area (Å²) < 4.78 is 0. The standard InChI is InChI=1S/C12H15NO3/c1-13-6-5-12(16,8-13)10-4-2-3-9(7-10)11(14)15/h2-4,7,16H,5-6,8H2,1H3,(H,14,15). The van der Waals surface area contributed by atoms with Gasteiger partial charge >= 0.3 is 5.97 Å². The molecule has 1 aliphatic rings. The van der Waals surface area contributed by atoms with Gasteiger partial charge in [0.1, 0.15) is 5.60 Å². The van der Waals surface area contributed by atoms with Crippen LogP contribution >= 0.6 is 0 Å². The van der Waals surface area contributed by atoms with Crippen LogP contribution in [0.5, 0.6) is 0 Å². The summed E-state index contributed by atoms with van der Waals surface area (Å²) in [5.41, 5.74) is 0.0115. The topological polar surface area (TPSA) is 60.8 Å². The first-order valence-corrected chi connectivity index (χ1v) is 5.26. The predicted molar refractivity (Wildman–Crippen MR) is 59.4 cm³/mol. The Balaban J connectivity index is 2.33. The van der Waals surface area contributed by atoms with Crippen LogP contribution in [0, 0.1) is 0 Å². The van der Waals surface area contributed by atoms with Crippen LogP contribution in [0.2, 0.25) is 0 Å². The van der Waals surface area contributed by atoms with Gasteiger partial charge in [-0.15, -0.1) is 0 Å². The number of hydrogen-bond donors (Lipinski definition) is 2. The smallest absolute Gasteiger partial charge is 0.335 e. The van der Waals surface area contributed by atoms with Gasteiger partial charge in [-0.05, 0) is 31.2 Å². The quantitative estimate of drug-likeness (QED) is 0.779. The van der Waals surface area contributed by atoms with Crippen molar-refractivity contribution in [3.05, 3.63) is 35.4 Å². The van der Waals surface area contributed by atoms with E-state index in [1.165, 1.54) is 6.07 Å². The van der Waals surface area contributed by atoms with Gasteiger partial charge in [0, 0.05) is 13.1 Å². The molecule has 0 amide bonds. The number of hydrogen-bond acceptors (Lipinski definition) is 3. The second-order valence-corrected chi connectivity index (χ2v) is 4.41. The number of aliphatic hydroxyl groups is 1. The lowest BCUT2D eigenvalue weighted by molar-refractivity contribution is 0.0487. The lowest BCUT2D eigenvalue weighted by Gasteiger charge is -2.23. The zero-order valence-corrected chi connectivity index (χ0v) is 9.18. The second kappa shape index (κ2) is 3.88. The number of carbonyl (C=O) groups is 1. The van der Waals surface area contributed by atoms with Crippen molar-refractivity contribution < 1.29 is 15.0 Å². The highest BCUT2D eigenvalue weighted by Gasteiger charge is 2.36. The minimum Gasteiger partial charge on any atom is -0.478 e. The van der Waals surface area contributed by atoms with E-state index in [2.05, 4.69) is 0 Å². The number of rotatable bonds is 2. The molecular formula is C12H15NO3. The van der Waals surface area contributed by atoms with Crippen molar-refractivity contribution in [2.24, 2.45) is 0 Å². The van der Waals surface area contributed by atoms with E-state index in [4.69, 9.17) is 5.11 Å². The molecule has 1 atom stereocenters. The molecular weight excluding hydrogens is 206 g/mol. The number of nitrogens with zero attached hydrogens (tertiary/aromatic N) is 1. The minimum absolute atomic E-state index is 0.223.